The summed E-state index contributed by atoms with van der Waals surface area (Å²) in [5.41, 5.74) is 7.82. The molecule has 0 amide bonds. The highest BCUT2D eigenvalue weighted by molar-refractivity contribution is 5.85. The molecule has 0 aliphatic carbocycles. The van der Waals surface area contributed by atoms with Gasteiger partial charge in [0.05, 0.1) is 18.2 Å². The van der Waals surface area contributed by atoms with Crippen molar-refractivity contribution in [3.05, 3.63) is 42.9 Å². The van der Waals surface area contributed by atoms with Gasteiger partial charge in [-0.3, -0.25) is 0 Å². The predicted octanol–water partition coefficient (Wildman–Crippen LogP) is 2.35. The van der Waals surface area contributed by atoms with Gasteiger partial charge < -0.3 is 10.3 Å². The summed E-state index contributed by atoms with van der Waals surface area (Å²) in [5, 5.41) is 0. The molecule has 5 heteroatoms. The first kappa shape index (κ1) is 15.0. The summed E-state index contributed by atoms with van der Waals surface area (Å²) in [5.74, 6) is 0. The summed E-state index contributed by atoms with van der Waals surface area (Å²) in [6.07, 6.45) is 3.68. The summed E-state index contributed by atoms with van der Waals surface area (Å²) in [7, 11) is 0. The molecule has 0 fully saturated rings. The van der Waals surface area contributed by atoms with Crippen LogP contribution in [0, 0.1) is 0 Å². The Morgan fingerprint density at radius 2 is 1.81 bits per heavy atom. The lowest BCUT2D eigenvalue weighted by Crippen LogP contribution is -2.09. The van der Waals surface area contributed by atoms with Crippen LogP contribution in [0.25, 0.3) is 11.3 Å². The second-order valence-electron chi connectivity index (χ2n) is 3.13. The van der Waals surface area contributed by atoms with Crippen LogP contribution >= 0.6 is 24.8 Å². The zero-order chi connectivity index (χ0) is 9.80. The first-order chi connectivity index (χ1) is 6.92. The van der Waals surface area contributed by atoms with Crippen molar-refractivity contribution in [1.29, 1.82) is 0 Å². The third kappa shape index (κ3) is 3.23. The van der Waals surface area contributed by atoms with Crippen molar-refractivity contribution < 1.29 is 0 Å². The Hall–Kier alpha value is -1.03. The maximum absolute atomic E-state index is 5.52. The molecule has 0 spiro atoms. The van der Waals surface area contributed by atoms with E-state index in [1.54, 1.807) is 0 Å². The molecule has 16 heavy (non-hydrogen) atoms. The second-order valence-corrected chi connectivity index (χ2v) is 3.13. The summed E-state index contributed by atoms with van der Waals surface area (Å²) in [4.78, 5) is 4.12. The second kappa shape index (κ2) is 7.28. The molecule has 0 radical (unpaired) electrons. The molecule has 1 aromatic carbocycles. The van der Waals surface area contributed by atoms with E-state index in [1.165, 1.54) is 5.56 Å². The quantitative estimate of drug-likeness (QED) is 0.920. The molecule has 0 aliphatic rings. The Morgan fingerprint density at radius 1 is 1.12 bits per heavy atom. The Morgan fingerprint density at radius 3 is 2.44 bits per heavy atom. The molecule has 3 nitrogen and oxygen atoms in total. The highest BCUT2D eigenvalue weighted by Gasteiger charge is 2.02. The first-order valence-electron chi connectivity index (χ1n) is 4.67. The van der Waals surface area contributed by atoms with Crippen molar-refractivity contribution in [2.24, 2.45) is 5.73 Å². The molecule has 1 aromatic heterocycles. The van der Waals surface area contributed by atoms with E-state index in [1.807, 2.05) is 30.7 Å². The smallest absolute Gasteiger partial charge is 0.0951 e. The van der Waals surface area contributed by atoms with Gasteiger partial charge in [-0.05, 0) is 5.56 Å². The number of nitrogens with two attached hydrogens (primary N) is 1. The molecule has 0 saturated heterocycles. The van der Waals surface area contributed by atoms with Crippen molar-refractivity contribution in [3.63, 3.8) is 0 Å². The Balaban J connectivity index is 0.00000112. The molecule has 0 saturated carbocycles. The third-order valence-electron chi connectivity index (χ3n) is 2.15. The normalized spacial score (nSPS) is 9.06. The minimum atomic E-state index is 0. The summed E-state index contributed by atoms with van der Waals surface area (Å²) in [6.45, 7) is 1.44. The minimum Gasteiger partial charge on any atom is -0.329 e. The highest BCUT2D eigenvalue weighted by atomic mass is 35.5. The third-order valence-corrected chi connectivity index (χ3v) is 2.15. The van der Waals surface area contributed by atoms with Crippen LogP contribution in [0.5, 0.6) is 0 Å². The number of halogens is 2. The number of rotatable bonds is 3. The molecule has 0 aliphatic heterocycles. The van der Waals surface area contributed by atoms with E-state index < -0.39 is 0 Å². The number of aromatic nitrogens is 2. The van der Waals surface area contributed by atoms with Gasteiger partial charge in [-0.25, -0.2) is 4.98 Å². The maximum Gasteiger partial charge on any atom is 0.0951 e. The fraction of sp³-hybridized carbons (Fsp3) is 0.182. The van der Waals surface area contributed by atoms with E-state index >= 15 is 0 Å². The molecule has 2 rings (SSSR count). The number of nitrogens with zero attached hydrogens (tertiary/aromatic N) is 2. The molecule has 88 valence electrons. The fourth-order valence-electron chi connectivity index (χ4n) is 1.49. The van der Waals surface area contributed by atoms with Crippen LogP contribution < -0.4 is 5.73 Å². The average molecular weight is 260 g/mol. The van der Waals surface area contributed by atoms with E-state index in [4.69, 9.17) is 5.73 Å². The van der Waals surface area contributed by atoms with Gasteiger partial charge in [-0.2, -0.15) is 0 Å². The number of hydrogen-bond donors (Lipinski definition) is 1. The van der Waals surface area contributed by atoms with Gasteiger partial charge in [0.2, 0.25) is 0 Å². The van der Waals surface area contributed by atoms with Crippen molar-refractivity contribution in [2.75, 3.05) is 6.54 Å². The van der Waals surface area contributed by atoms with Crippen LogP contribution in [0.1, 0.15) is 0 Å². The van der Waals surface area contributed by atoms with Gasteiger partial charge in [0, 0.05) is 13.1 Å². The molecule has 0 atom stereocenters. The standard InChI is InChI=1S/C11H13N3.2ClH/c12-6-7-14-9-13-8-11(14)10-4-2-1-3-5-10;;/h1-5,8-9H,6-7,12H2;2*1H. The minimum absolute atomic E-state index is 0. The maximum atomic E-state index is 5.52. The van der Waals surface area contributed by atoms with Gasteiger partial charge in [0.1, 0.15) is 0 Å². The number of imidazole rings is 1. The van der Waals surface area contributed by atoms with Crippen LogP contribution in [0.15, 0.2) is 42.9 Å². The monoisotopic (exact) mass is 259 g/mol. The molecule has 0 bridgehead atoms. The number of benzene rings is 1. The lowest BCUT2D eigenvalue weighted by Gasteiger charge is -2.05. The largest absolute Gasteiger partial charge is 0.329 e. The average Bonchev–Trinajstić information content (AvgIpc) is 2.68. The van der Waals surface area contributed by atoms with Crippen LogP contribution in [-0.2, 0) is 6.54 Å². The summed E-state index contributed by atoms with van der Waals surface area (Å²) < 4.78 is 2.06. The summed E-state index contributed by atoms with van der Waals surface area (Å²) in [6, 6.07) is 10.2. The van der Waals surface area contributed by atoms with Crippen molar-refractivity contribution in [3.8, 4) is 11.3 Å². The van der Waals surface area contributed by atoms with Crippen molar-refractivity contribution in [1.82, 2.24) is 9.55 Å². The van der Waals surface area contributed by atoms with E-state index in [-0.39, 0.29) is 24.8 Å². The van der Waals surface area contributed by atoms with Crippen molar-refractivity contribution in [2.45, 2.75) is 6.54 Å². The van der Waals surface area contributed by atoms with E-state index in [9.17, 15) is 0 Å². The van der Waals surface area contributed by atoms with Gasteiger partial charge in [-0.15, -0.1) is 24.8 Å². The van der Waals surface area contributed by atoms with Crippen molar-refractivity contribution >= 4 is 24.8 Å². The Labute approximate surface area is 108 Å². The van der Waals surface area contributed by atoms with Crippen LogP contribution in [-0.4, -0.2) is 16.1 Å². The predicted molar refractivity (Wildman–Crippen MR) is 71.2 cm³/mol. The SMILES string of the molecule is Cl.Cl.NCCn1cncc1-c1ccccc1. The van der Waals surface area contributed by atoms with Gasteiger partial charge in [0.15, 0.2) is 0 Å². The Bertz CT molecular complexity index is 401. The zero-order valence-electron chi connectivity index (χ0n) is 8.74. The molecule has 2 aromatic rings. The fourth-order valence-corrected chi connectivity index (χ4v) is 1.49. The summed E-state index contributed by atoms with van der Waals surface area (Å²) >= 11 is 0. The molecular formula is C11H15Cl2N3. The molecule has 2 N–H and O–H groups in total. The number of hydrogen-bond acceptors (Lipinski definition) is 2. The topological polar surface area (TPSA) is 43.8 Å². The van der Waals surface area contributed by atoms with E-state index in [2.05, 4.69) is 21.7 Å². The van der Waals surface area contributed by atoms with E-state index in [0.717, 1.165) is 12.2 Å². The van der Waals surface area contributed by atoms with Gasteiger partial charge in [0.25, 0.3) is 0 Å². The van der Waals surface area contributed by atoms with Gasteiger partial charge >= 0.3 is 0 Å². The molecule has 1 heterocycles. The van der Waals surface area contributed by atoms with Crippen LogP contribution in [0.4, 0.5) is 0 Å². The first-order valence-corrected chi connectivity index (χ1v) is 4.67. The highest BCUT2D eigenvalue weighted by Crippen LogP contribution is 2.17. The van der Waals surface area contributed by atoms with Gasteiger partial charge in [-0.1, -0.05) is 30.3 Å². The Kier molecular flexibility index (Phi) is 6.81. The van der Waals surface area contributed by atoms with E-state index in [0.29, 0.717) is 6.54 Å². The molecule has 0 unspecified atom stereocenters. The van der Waals surface area contributed by atoms with Crippen LogP contribution in [0.2, 0.25) is 0 Å². The molecular weight excluding hydrogens is 245 g/mol. The zero-order valence-corrected chi connectivity index (χ0v) is 10.4. The van der Waals surface area contributed by atoms with Crippen LogP contribution in [0.3, 0.4) is 0 Å². The lowest BCUT2D eigenvalue weighted by molar-refractivity contribution is 0.714. The lowest BCUT2D eigenvalue weighted by atomic mass is 10.2.